The molecular weight excluding hydrogens is 258 g/mol. The summed E-state index contributed by atoms with van der Waals surface area (Å²) in [5.74, 6) is -1.19. The first kappa shape index (κ1) is 17.3. The largest absolute Gasteiger partial charge is 0.481 e. The van der Waals surface area contributed by atoms with Crippen molar-refractivity contribution in [3.63, 3.8) is 0 Å². The molecule has 6 nitrogen and oxygen atoms in total. The Hall–Kier alpha value is -0.660. The van der Waals surface area contributed by atoms with E-state index in [4.69, 9.17) is 9.84 Å². The minimum atomic E-state index is -3.39. The predicted octanol–water partition coefficient (Wildman–Crippen LogP) is 0.832. The molecule has 0 fully saturated rings. The molecule has 0 saturated carbocycles. The average molecular weight is 281 g/mol. The van der Waals surface area contributed by atoms with E-state index in [9.17, 15) is 13.2 Å². The number of nitrogens with one attached hydrogen (secondary N) is 1. The van der Waals surface area contributed by atoms with Crippen LogP contribution in [0.5, 0.6) is 0 Å². The fourth-order valence-corrected chi connectivity index (χ4v) is 2.27. The molecule has 1 atom stereocenters. The third kappa shape index (κ3) is 9.38. The Morgan fingerprint density at radius 2 is 2.00 bits per heavy atom. The summed E-state index contributed by atoms with van der Waals surface area (Å²) in [7, 11) is -3.39. The Bertz CT molecular complexity index is 339. The molecular formula is C11H23NO5S. The Balaban J connectivity index is 4.04. The van der Waals surface area contributed by atoms with Gasteiger partial charge in [-0.15, -0.1) is 0 Å². The van der Waals surface area contributed by atoms with Gasteiger partial charge in [0.2, 0.25) is 10.0 Å². The first-order valence-electron chi connectivity index (χ1n) is 6.07. The van der Waals surface area contributed by atoms with Gasteiger partial charge in [-0.25, -0.2) is 13.1 Å². The lowest BCUT2D eigenvalue weighted by Crippen LogP contribution is -2.33. The monoisotopic (exact) mass is 281 g/mol. The zero-order valence-corrected chi connectivity index (χ0v) is 12.0. The van der Waals surface area contributed by atoms with Gasteiger partial charge in [-0.3, -0.25) is 4.79 Å². The van der Waals surface area contributed by atoms with E-state index in [0.29, 0.717) is 6.42 Å². The lowest BCUT2D eigenvalue weighted by molar-refractivity contribution is -0.138. The first-order valence-corrected chi connectivity index (χ1v) is 7.72. The normalized spacial score (nSPS) is 13.8. The third-order valence-electron chi connectivity index (χ3n) is 2.44. The molecule has 0 aromatic carbocycles. The van der Waals surface area contributed by atoms with Crippen molar-refractivity contribution in [2.45, 2.75) is 39.7 Å². The van der Waals surface area contributed by atoms with Gasteiger partial charge < -0.3 is 9.84 Å². The first-order chi connectivity index (χ1) is 8.26. The predicted molar refractivity (Wildman–Crippen MR) is 68.9 cm³/mol. The van der Waals surface area contributed by atoms with Gasteiger partial charge in [0.25, 0.3) is 0 Å². The van der Waals surface area contributed by atoms with Crippen molar-refractivity contribution in [2.75, 3.05) is 18.9 Å². The molecule has 0 bridgehead atoms. The standard InChI is InChI=1S/C11H23NO5S/c1-4-10(7-11(13)14)8-12-18(15,16)6-5-17-9(2)3/h9-10,12H,4-8H2,1-3H3,(H,13,14). The number of aliphatic carboxylic acids is 1. The molecule has 1 unspecified atom stereocenters. The molecule has 108 valence electrons. The second-order valence-electron chi connectivity index (χ2n) is 4.46. The molecule has 2 N–H and O–H groups in total. The Kier molecular flexibility index (Phi) is 8.13. The van der Waals surface area contributed by atoms with E-state index < -0.39 is 16.0 Å². The number of hydrogen-bond donors (Lipinski definition) is 2. The summed E-state index contributed by atoms with van der Waals surface area (Å²) in [6.45, 7) is 5.80. The summed E-state index contributed by atoms with van der Waals surface area (Å²) < 4.78 is 30.7. The second kappa shape index (κ2) is 8.44. The highest BCUT2D eigenvalue weighted by Crippen LogP contribution is 2.07. The number of rotatable bonds is 10. The van der Waals surface area contributed by atoms with Crippen LogP contribution in [0.4, 0.5) is 0 Å². The summed E-state index contributed by atoms with van der Waals surface area (Å²) in [6, 6.07) is 0. The second-order valence-corrected chi connectivity index (χ2v) is 6.39. The van der Waals surface area contributed by atoms with Gasteiger partial charge in [0, 0.05) is 13.0 Å². The highest BCUT2D eigenvalue weighted by atomic mass is 32.2. The molecule has 0 aliphatic carbocycles. The van der Waals surface area contributed by atoms with Gasteiger partial charge in [-0.1, -0.05) is 13.3 Å². The van der Waals surface area contributed by atoms with Gasteiger partial charge in [0.1, 0.15) is 0 Å². The summed E-state index contributed by atoms with van der Waals surface area (Å²) in [5.41, 5.74) is 0. The molecule has 0 saturated heterocycles. The third-order valence-corrected chi connectivity index (χ3v) is 3.75. The van der Waals surface area contributed by atoms with E-state index in [-0.39, 0.29) is 37.3 Å². The maximum atomic E-state index is 11.6. The molecule has 18 heavy (non-hydrogen) atoms. The van der Waals surface area contributed by atoms with Crippen molar-refractivity contribution in [3.05, 3.63) is 0 Å². The molecule has 7 heteroatoms. The Morgan fingerprint density at radius 1 is 1.39 bits per heavy atom. The molecule has 0 heterocycles. The highest BCUT2D eigenvalue weighted by molar-refractivity contribution is 7.89. The molecule has 0 rings (SSSR count). The number of sulfonamides is 1. The maximum Gasteiger partial charge on any atom is 0.303 e. The summed E-state index contributed by atoms with van der Waals surface area (Å²) in [4.78, 5) is 10.5. The van der Waals surface area contributed by atoms with E-state index in [1.165, 1.54) is 0 Å². The zero-order chi connectivity index (χ0) is 14.2. The van der Waals surface area contributed by atoms with Crippen LogP contribution in [0.15, 0.2) is 0 Å². The highest BCUT2D eigenvalue weighted by Gasteiger charge is 2.16. The summed E-state index contributed by atoms with van der Waals surface area (Å²) in [5, 5.41) is 8.65. The number of ether oxygens (including phenoxy) is 1. The van der Waals surface area contributed by atoms with E-state index >= 15 is 0 Å². The van der Waals surface area contributed by atoms with Crippen molar-refractivity contribution in [1.29, 1.82) is 0 Å². The minimum Gasteiger partial charge on any atom is -0.481 e. The number of hydrogen-bond acceptors (Lipinski definition) is 4. The number of carbonyl (C=O) groups is 1. The van der Waals surface area contributed by atoms with Crippen LogP contribution in [0.1, 0.15) is 33.6 Å². The van der Waals surface area contributed by atoms with Gasteiger partial charge in [0.15, 0.2) is 0 Å². The van der Waals surface area contributed by atoms with Gasteiger partial charge in [-0.05, 0) is 19.8 Å². The fourth-order valence-electron chi connectivity index (χ4n) is 1.32. The average Bonchev–Trinajstić information content (AvgIpc) is 2.22. The van der Waals surface area contributed by atoms with Crippen molar-refractivity contribution in [1.82, 2.24) is 4.72 Å². The molecule has 0 aliphatic rings. The number of carboxylic acids is 1. The van der Waals surface area contributed by atoms with Crippen molar-refractivity contribution < 1.29 is 23.1 Å². The molecule has 0 spiro atoms. The van der Waals surface area contributed by atoms with E-state index in [0.717, 1.165) is 0 Å². The van der Waals surface area contributed by atoms with Crippen LogP contribution in [-0.4, -0.2) is 44.5 Å². The zero-order valence-electron chi connectivity index (χ0n) is 11.2. The minimum absolute atomic E-state index is 0.00407. The topological polar surface area (TPSA) is 92.7 Å². The molecule has 0 aromatic heterocycles. The molecule has 0 radical (unpaired) electrons. The quantitative estimate of drug-likeness (QED) is 0.619. The summed E-state index contributed by atoms with van der Waals surface area (Å²) in [6.07, 6.45) is 0.592. The molecule has 0 amide bonds. The van der Waals surface area contributed by atoms with Crippen molar-refractivity contribution in [3.8, 4) is 0 Å². The van der Waals surface area contributed by atoms with E-state index in [1.807, 2.05) is 20.8 Å². The van der Waals surface area contributed by atoms with Gasteiger partial charge >= 0.3 is 5.97 Å². The van der Waals surface area contributed by atoms with Crippen LogP contribution < -0.4 is 4.72 Å². The lowest BCUT2D eigenvalue weighted by Gasteiger charge is -2.14. The summed E-state index contributed by atoms with van der Waals surface area (Å²) >= 11 is 0. The smallest absolute Gasteiger partial charge is 0.303 e. The molecule has 0 aliphatic heterocycles. The van der Waals surface area contributed by atoms with Crippen LogP contribution in [0.3, 0.4) is 0 Å². The van der Waals surface area contributed by atoms with E-state index in [1.54, 1.807) is 0 Å². The SMILES string of the molecule is CCC(CNS(=O)(=O)CCOC(C)C)CC(=O)O. The number of carboxylic acid groups (broad SMARTS) is 1. The van der Waals surface area contributed by atoms with Crippen LogP contribution in [0.2, 0.25) is 0 Å². The Labute approximate surface area is 109 Å². The lowest BCUT2D eigenvalue weighted by atomic mass is 10.0. The van der Waals surface area contributed by atoms with Crippen LogP contribution in [-0.2, 0) is 19.6 Å². The van der Waals surface area contributed by atoms with Crippen LogP contribution >= 0.6 is 0 Å². The van der Waals surface area contributed by atoms with Crippen molar-refractivity contribution in [2.24, 2.45) is 5.92 Å². The van der Waals surface area contributed by atoms with Crippen LogP contribution in [0.25, 0.3) is 0 Å². The van der Waals surface area contributed by atoms with E-state index in [2.05, 4.69) is 4.72 Å². The van der Waals surface area contributed by atoms with Crippen molar-refractivity contribution >= 4 is 16.0 Å². The van der Waals surface area contributed by atoms with Gasteiger partial charge in [-0.2, -0.15) is 0 Å². The maximum absolute atomic E-state index is 11.6. The Morgan fingerprint density at radius 3 is 2.44 bits per heavy atom. The molecule has 0 aromatic rings. The fraction of sp³-hybridized carbons (Fsp3) is 0.909. The van der Waals surface area contributed by atoms with Gasteiger partial charge in [0.05, 0.1) is 18.5 Å². The van der Waals surface area contributed by atoms with Crippen LogP contribution in [0, 0.1) is 5.92 Å².